The normalized spacial score (nSPS) is 11.3. The molecule has 7 heteroatoms. The SMILES string of the molecule is CCOc1ccc(-n2c(SCc3ccc(F)cc3)nc3c([nH]c4ccccc43)c2=O)cc1. The zero-order valence-corrected chi connectivity index (χ0v) is 18.2. The number of fused-ring (bicyclic) bond motifs is 3. The van der Waals surface area contributed by atoms with Crippen LogP contribution in [0.5, 0.6) is 5.75 Å². The highest BCUT2D eigenvalue weighted by molar-refractivity contribution is 7.98. The fourth-order valence-corrected chi connectivity index (χ4v) is 4.61. The molecule has 0 atom stereocenters. The second kappa shape index (κ2) is 8.51. The van der Waals surface area contributed by atoms with Crippen molar-refractivity contribution in [2.75, 3.05) is 6.61 Å². The van der Waals surface area contributed by atoms with E-state index in [1.54, 1.807) is 16.7 Å². The Labute approximate surface area is 187 Å². The molecule has 0 spiro atoms. The first-order chi connectivity index (χ1) is 15.6. The molecule has 0 unspecified atom stereocenters. The predicted octanol–water partition coefficient (Wildman–Crippen LogP) is 5.70. The van der Waals surface area contributed by atoms with Gasteiger partial charge in [-0.1, -0.05) is 42.1 Å². The molecule has 0 aliphatic carbocycles. The maximum Gasteiger partial charge on any atom is 0.283 e. The van der Waals surface area contributed by atoms with Crippen LogP contribution in [-0.2, 0) is 5.75 Å². The van der Waals surface area contributed by atoms with E-state index in [0.29, 0.717) is 34.2 Å². The Morgan fingerprint density at radius 3 is 2.53 bits per heavy atom. The van der Waals surface area contributed by atoms with Crippen LogP contribution in [0.2, 0.25) is 0 Å². The van der Waals surface area contributed by atoms with Gasteiger partial charge in [0.1, 0.15) is 22.6 Å². The zero-order valence-electron chi connectivity index (χ0n) is 17.3. The smallest absolute Gasteiger partial charge is 0.283 e. The largest absolute Gasteiger partial charge is 0.494 e. The van der Waals surface area contributed by atoms with Crippen molar-refractivity contribution in [3.8, 4) is 11.4 Å². The number of hydrogen-bond donors (Lipinski definition) is 1. The van der Waals surface area contributed by atoms with Crippen molar-refractivity contribution in [3.63, 3.8) is 0 Å². The van der Waals surface area contributed by atoms with E-state index in [1.807, 2.05) is 55.5 Å². The Bertz CT molecular complexity index is 1460. The summed E-state index contributed by atoms with van der Waals surface area (Å²) < 4.78 is 20.4. The van der Waals surface area contributed by atoms with Crippen LogP contribution in [0.4, 0.5) is 4.39 Å². The van der Waals surface area contributed by atoms with Crippen LogP contribution >= 0.6 is 11.8 Å². The molecule has 0 bridgehead atoms. The summed E-state index contributed by atoms with van der Waals surface area (Å²) in [5.41, 5.74) is 3.46. The lowest BCUT2D eigenvalue weighted by molar-refractivity contribution is 0.340. The molecular formula is C25H20FN3O2S. The molecule has 5 nitrogen and oxygen atoms in total. The van der Waals surface area contributed by atoms with Gasteiger partial charge in [0, 0.05) is 16.7 Å². The third-order valence-corrected chi connectivity index (χ3v) is 6.19. The van der Waals surface area contributed by atoms with E-state index >= 15 is 0 Å². The van der Waals surface area contributed by atoms with Gasteiger partial charge in [-0.3, -0.25) is 9.36 Å². The number of rotatable bonds is 6. The van der Waals surface area contributed by atoms with Crippen LogP contribution in [-0.4, -0.2) is 21.1 Å². The minimum atomic E-state index is -0.275. The minimum Gasteiger partial charge on any atom is -0.494 e. The molecule has 2 aromatic heterocycles. The minimum absolute atomic E-state index is 0.169. The Kier molecular flexibility index (Phi) is 5.41. The third kappa shape index (κ3) is 3.76. The van der Waals surface area contributed by atoms with Gasteiger partial charge in [0.2, 0.25) is 0 Å². The molecule has 160 valence electrons. The summed E-state index contributed by atoms with van der Waals surface area (Å²) >= 11 is 1.44. The second-order valence-electron chi connectivity index (χ2n) is 7.27. The van der Waals surface area contributed by atoms with E-state index in [4.69, 9.17) is 9.72 Å². The van der Waals surface area contributed by atoms with Gasteiger partial charge in [-0.2, -0.15) is 0 Å². The molecule has 32 heavy (non-hydrogen) atoms. The van der Waals surface area contributed by atoms with Crippen LogP contribution < -0.4 is 10.3 Å². The van der Waals surface area contributed by atoms with E-state index in [9.17, 15) is 9.18 Å². The monoisotopic (exact) mass is 445 g/mol. The van der Waals surface area contributed by atoms with Crippen LogP contribution in [0.1, 0.15) is 12.5 Å². The third-order valence-electron chi connectivity index (χ3n) is 5.18. The van der Waals surface area contributed by atoms with E-state index in [-0.39, 0.29) is 11.4 Å². The topological polar surface area (TPSA) is 59.9 Å². The number of halogens is 1. The number of aromatic amines is 1. The van der Waals surface area contributed by atoms with Crippen molar-refractivity contribution in [3.05, 3.63) is 94.5 Å². The summed E-state index contributed by atoms with van der Waals surface area (Å²) in [6, 6.07) is 21.5. The molecule has 0 aliphatic rings. The fourth-order valence-electron chi connectivity index (χ4n) is 3.65. The number of nitrogens with one attached hydrogen (secondary N) is 1. The first kappa shape index (κ1) is 20.3. The fraction of sp³-hybridized carbons (Fsp3) is 0.120. The Balaban J connectivity index is 1.65. The molecule has 0 aliphatic heterocycles. The molecule has 0 saturated heterocycles. The summed E-state index contributed by atoms with van der Waals surface area (Å²) in [6.45, 7) is 2.50. The first-order valence-corrected chi connectivity index (χ1v) is 11.3. The molecule has 2 heterocycles. The number of para-hydroxylation sites is 1. The highest BCUT2D eigenvalue weighted by Gasteiger charge is 2.17. The molecular weight excluding hydrogens is 425 g/mol. The van der Waals surface area contributed by atoms with Gasteiger partial charge in [-0.05, 0) is 55.0 Å². The Morgan fingerprint density at radius 1 is 1.03 bits per heavy atom. The standard InChI is InChI=1S/C25H20FN3O2S/c1-2-31-19-13-11-18(12-14-19)29-24(30)23-22(20-5-3-4-6-21(20)27-23)28-25(29)32-15-16-7-9-17(26)10-8-16/h3-14,27H,2,15H2,1H3. The summed E-state index contributed by atoms with van der Waals surface area (Å²) in [4.78, 5) is 21.7. The number of thioether (sulfide) groups is 1. The van der Waals surface area contributed by atoms with Crippen molar-refractivity contribution >= 4 is 33.7 Å². The van der Waals surface area contributed by atoms with Gasteiger partial charge in [0.15, 0.2) is 5.16 Å². The van der Waals surface area contributed by atoms with E-state index < -0.39 is 0 Å². The molecule has 0 radical (unpaired) electrons. The van der Waals surface area contributed by atoms with Crippen LogP contribution in [0, 0.1) is 5.82 Å². The second-order valence-corrected chi connectivity index (χ2v) is 8.21. The van der Waals surface area contributed by atoms with E-state index in [0.717, 1.165) is 22.2 Å². The lowest BCUT2D eigenvalue weighted by atomic mass is 10.2. The number of hydrogen-bond acceptors (Lipinski definition) is 4. The first-order valence-electron chi connectivity index (χ1n) is 10.3. The number of aromatic nitrogens is 3. The van der Waals surface area contributed by atoms with Gasteiger partial charge >= 0.3 is 0 Å². The maximum atomic E-state index is 13.6. The Morgan fingerprint density at radius 2 is 1.78 bits per heavy atom. The summed E-state index contributed by atoms with van der Waals surface area (Å²) in [6.07, 6.45) is 0. The van der Waals surface area contributed by atoms with E-state index in [1.165, 1.54) is 23.9 Å². The van der Waals surface area contributed by atoms with Crippen LogP contribution in [0.25, 0.3) is 27.6 Å². The molecule has 0 saturated carbocycles. The number of nitrogens with zero attached hydrogens (tertiary/aromatic N) is 2. The van der Waals surface area contributed by atoms with Crippen molar-refractivity contribution in [1.82, 2.24) is 14.5 Å². The van der Waals surface area contributed by atoms with Crippen LogP contribution in [0.15, 0.2) is 82.7 Å². The van der Waals surface area contributed by atoms with Crippen LogP contribution in [0.3, 0.4) is 0 Å². The number of H-pyrrole nitrogens is 1. The quantitative estimate of drug-likeness (QED) is 0.269. The molecule has 3 aromatic carbocycles. The van der Waals surface area contributed by atoms with Gasteiger partial charge in [-0.25, -0.2) is 9.37 Å². The highest BCUT2D eigenvalue weighted by atomic mass is 32.2. The highest BCUT2D eigenvalue weighted by Crippen LogP contribution is 2.28. The Hall–Kier alpha value is -3.58. The van der Waals surface area contributed by atoms with Crippen molar-refractivity contribution in [1.29, 1.82) is 0 Å². The average molecular weight is 446 g/mol. The lowest BCUT2D eigenvalue weighted by Crippen LogP contribution is -2.21. The zero-order chi connectivity index (χ0) is 22.1. The van der Waals surface area contributed by atoms with Crippen molar-refractivity contribution < 1.29 is 9.13 Å². The summed E-state index contributed by atoms with van der Waals surface area (Å²) in [5, 5.41) is 1.47. The van der Waals surface area contributed by atoms with Crippen molar-refractivity contribution in [2.45, 2.75) is 17.8 Å². The lowest BCUT2D eigenvalue weighted by Gasteiger charge is -2.13. The van der Waals surface area contributed by atoms with E-state index in [2.05, 4.69) is 4.98 Å². The van der Waals surface area contributed by atoms with Gasteiger partial charge in [0.05, 0.1) is 12.3 Å². The molecule has 5 aromatic rings. The van der Waals surface area contributed by atoms with Crippen molar-refractivity contribution in [2.24, 2.45) is 0 Å². The van der Waals surface area contributed by atoms with Gasteiger partial charge in [-0.15, -0.1) is 0 Å². The summed E-state index contributed by atoms with van der Waals surface area (Å²) in [7, 11) is 0. The predicted molar refractivity (Wildman–Crippen MR) is 126 cm³/mol. The van der Waals surface area contributed by atoms with Gasteiger partial charge in [0.25, 0.3) is 5.56 Å². The molecule has 0 amide bonds. The average Bonchev–Trinajstić information content (AvgIpc) is 3.19. The van der Waals surface area contributed by atoms with Gasteiger partial charge < -0.3 is 9.72 Å². The summed E-state index contributed by atoms with van der Waals surface area (Å²) in [5.74, 6) is 1.02. The maximum absolute atomic E-state index is 13.6. The molecule has 1 N–H and O–H groups in total. The number of benzene rings is 3. The molecule has 0 fully saturated rings. The molecule has 5 rings (SSSR count). The number of ether oxygens (including phenoxy) is 1.